The van der Waals surface area contributed by atoms with Gasteiger partial charge in [0.05, 0.1) is 5.69 Å². The van der Waals surface area contributed by atoms with Crippen LogP contribution in [-0.2, 0) is 5.16 Å². The molecule has 1 heterocycles. The number of hydrogen-bond donors (Lipinski definition) is 1. The van der Waals surface area contributed by atoms with E-state index >= 15 is 0 Å². The van der Waals surface area contributed by atoms with E-state index in [9.17, 15) is 0 Å². The largest absolute Gasteiger partial charge is 0.283 e. The minimum Gasteiger partial charge on any atom is -0.283 e. The van der Waals surface area contributed by atoms with E-state index in [0.717, 1.165) is 17.8 Å². The zero-order chi connectivity index (χ0) is 10.1. The van der Waals surface area contributed by atoms with E-state index in [-0.39, 0.29) is 5.16 Å². The number of aromatic amines is 1. The van der Waals surface area contributed by atoms with Crippen molar-refractivity contribution in [1.29, 1.82) is 0 Å². The van der Waals surface area contributed by atoms with Gasteiger partial charge in [-0.25, -0.2) is 0 Å². The van der Waals surface area contributed by atoms with Crippen LogP contribution in [0.15, 0.2) is 6.07 Å². The van der Waals surface area contributed by atoms with Crippen LogP contribution in [0.2, 0.25) is 0 Å². The quantitative estimate of drug-likeness (QED) is 0.743. The van der Waals surface area contributed by atoms with Crippen LogP contribution in [0.4, 0.5) is 0 Å². The first-order valence-corrected chi connectivity index (χ1v) is 5.31. The summed E-state index contributed by atoms with van der Waals surface area (Å²) in [5.41, 5.74) is 2.27. The van der Waals surface area contributed by atoms with Crippen molar-refractivity contribution in [3.05, 3.63) is 17.5 Å². The van der Waals surface area contributed by atoms with Gasteiger partial charge >= 0.3 is 0 Å². The third-order valence-electron chi connectivity index (χ3n) is 2.12. The number of hydrogen-bond acceptors (Lipinski definition) is 1. The molecule has 0 aliphatic rings. The van der Waals surface area contributed by atoms with Gasteiger partial charge < -0.3 is 0 Å². The van der Waals surface area contributed by atoms with E-state index in [4.69, 9.17) is 0 Å². The van der Waals surface area contributed by atoms with Crippen molar-refractivity contribution >= 4 is 9.24 Å². The van der Waals surface area contributed by atoms with E-state index in [2.05, 4.69) is 46.3 Å². The molecule has 0 saturated carbocycles. The predicted octanol–water partition coefficient (Wildman–Crippen LogP) is 2.85. The van der Waals surface area contributed by atoms with E-state index < -0.39 is 0 Å². The lowest BCUT2D eigenvalue weighted by Gasteiger charge is -2.24. The molecule has 0 aliphatic heterocycles. The Morgan fingerprint density at radius 3 is 2.62 bits per heavy atom. The highest BCUT2D eigenvalue weighted by molar-refractivity contribution is 7.18. The highest BCUT2D eigenvalue weighted by atomic mass is 31.0. The Morgan fingerprint density at radius 1 is 1.62 bits per heavy atom. The molecule has 0 bridgehead atoms. The molecule has 13 heavy (non-hydrogen) atoms. The Balaban J connectivity index is 2.80. The van der Waals surface area contributed by atoms with Crippen LogP contribution in [0.25, 0.3) is 0 Å². The fraction of sp³-hybridized carbons (Fsp3) is 0.700. The van der Waals surface area contributed by atoms with Crippen LogP contribution in [0.3, 0.4) is 0 Å². The first kappa shape index (κ1) is 10.7. The van der Waals surface area contributed by atoms with Crippen LogP contribution >= 0.6 is 9.24 Å². The SMILES string of the molecule is Cc1cc(C(C)(P)CC(C)C)n[nH]1. The Bertz CT molecular complexity index is 276. The maximum Gasteiger partial charge on any atom is 0.0721 e. The van der Waals surface area contributed by atoms with Gasteiger partial charge in [0, 0.05) is 10.9 Å². The second-order valence-corrected chi connectivity index (χ2v) is 5.73. The smallest absolute Gasteiger partial charge is 0.0721 e. The molecular formula is C10H19N2P. The summed E-state index contributed by atoms with van der Waals surface area (Å²) in [6.07, 6.45) is 1.14. The van der Waals surface area contributed by atoms with Crippen LogP contribution in [0.5, 0.6) is 0 Å². The van der Waals surface area contributed by atoms with E-state index in [1.165, 1.54) is 0 Å². The van der Waals surface area contributed by atoms with Gasteiger partial charge in [-0.15, -0.1) is 9.24 Å². The maximum atomic E-state index is 4.29. The lowest BCUT2D eigenvalue weighted by molar-refractivity contribution is 0.481. The molecule has 1 rings (SSSR count). The summed E-state index contributed by atoms with van der Waals surface area (Å²) in [6, 6.07) is 2.12. The standard InChI is InChI=1S/C10H19N2P/c1-7(2)6-10(4,13)9-5-8(3)11-12-9/h5,7H,6,13H2,1-4H3,(H,11,12). The molecule has 74 valence electrons. The van der Waals surface area contributed by atoms with Crippen molar-refractivity contribution in [2.24, 2.45) is 5.92 Å². The Labute approximate surface area is 82.7 Å². The first-order valence-electron chi connectivity index (χ1n) is 4.73. The van der Waals surface area contributed by atoms with Gasteiger partial charge in [0.15, 0.2) is 0 Å². The second-order valence-electron chi connectivity index (χ2n) is 4.45. The molecule has 2 unspecified atom stereocenters. The molecule has 0 aliphatic carbocycles. The van der Waals surface area contributed by atoms with Gasteiger partial charge in [-0.05, 0) is 25.3 Å². The fourth-order valence-corrected chi connectivity index (χ4v) is 2.28. The van der Waals surface area contributed by atoms with Gasteiger partial charge in [0.2, 0.25) is 0 Å². The molecule has 2 atom stereocenters. The molecule has 0 fully saturated rings. The Morgan fingerprint density at radius 2 is 2.23 bits per heavy atom. The number of nitrogens with one attached hydrogen (secondary N) is 1. The second kappa shape index (κ2) is 3.79. The summed E-state index contributed by atoms with van der Waals surface area (Å²) in [7, 11) is 2.91. The number of H-pyrrole nitrogens is 1. The van der Waals surface area contributed by atoms with Crippen molar-refractivity contribution < 1.29 is 0 Å². The van der Waals surface area contributed by atoms with Crippen LogP contribution in [-0.4, -0.2) is 10.2 Å². The summed E-state index contributed by atoms with van der Waals surface area (Å²) < 4.78 is 0. The third-order valence-corrected chi connectivity index (χ3v) is 2.65. The van der Waals surface area contributed by atoms with Crippen molar-refractivity contribution in [2.75, 3.05) is 0 Å². The molecule has 3 heteroatoms. The Kier molecular flexibility index (Phi) is 3.13. The van der Waals surface area contributed by atoms with Crippen molar-refractivity contribution in [3.63, 3.8) is 0 Å². The van der Waals surface area contributed by atoms with Crippen LogP contribution < -0.4 is 0 Å². The average molecular weight is 198 g/mol. The number of rotatable bonds is 3. The first-order chi connectivity index (χ1) is 5.92. The van der Waals surface area contributed by atoms with E-state index in [1.807, 2.05) is 6.92 Å². The summed E-state index contributed by atoms with van der Waals surface area (Å²) in [5.74, 6) is 0.694. The monoisotopic (exact) mass is 198 g/mol. The van der Waals surface area contributed by atoms with Gasteiger partial charge in [0.25, 0.3) is 0 Å². The molecule has 1 aromatic heterocycles. The molecular weight excluding hydrogens is 179 g/mol. The molecule has 0 radical (unpaired) electrons. The summed E-state index contributed by atoms with van der Waals surface area (Å²) in [4.78, 5) is 0. The van der Waals surface area contributed by atoms with Crippen molar-refractivity contribution in [2.45, 2.75) is 39.3 Å². The molecule has 1 aromatic rings. The van der Waals surface area contributed by atoms with Gasteiger partial charge in [0.1, 0.15) is 0 Å². The van der Waals surface area contributed by atoms with Crippen molar-refractivity contribution in [3.8, 4) is 0 Å². The average Bonchev–Trinajstić information content (AvgIpc) is 2.32. The minimum absolute atomic E-state index is 0.110. The topological polar surface area (TPSA) is 28.7 Å². The van der Waals surface area contributed by atoms with Gasteiger partial charge in [-0.3, -0.25) is 5.10 Å². The fourth-order valence-electron chi connectivity index (χ4n) is 1.66. The maximum absolute atomic E-state index is 4.29. The molecule has 0 saturated heterocycles. The summed E-state index contributed by atoms with van der Waals surface area (Å²) in [5, 5.41) is 7.39. The highest BCUT2D eigenvalue weighted by Gasteiger charge is 2.24. The number of aromatic nitrogens is 2. The minimum atomic E-state index is 0.110. The highest BCUT2D eigenvalue weighted by Crippen LogP contribution is 2.36. The molecule has 0 spiro atoms. The molecule has 0 amide bonds. The summed E-state index contributed by atoms with van der Waals surface area (Å²) >= 11 is 0. The van der Waals surface area contributed by atoms with Crippen LogP contribution in [0.1, 0.15) is 38.6 Å². The summed E-state index contributed by atoms with van der Waals surface area (Å²) in [6.45, 7) is 8.73. The van der Waals surface area contributed by atoms with E-state index in [1.54, 1.807) is 0 Å². The van der Waals surface area contributed by atoms with E-state index in [0.29, 0.717) is 5.92 Å². The predicted molar refractivity (Wildman–Crippen MR) is 59.8 cm³/mol. The number of nitrogens with zero attached hydrogens (tertiary/aromatic N) is 1. The molecule has 1 N–H and O–H groups in total. The number of aryl methyl sites for hydroxylation is 1. The van der Waals surface area contributed by atoms with Gasteiger partial charge in [-0.1, -0.05) is 20.8 Å². The Hall–Kier alpha value is -0.360. The lowest BCUT2D eigenvalue weighted by atomic mass is 9.95. The zero-order valence-corrected chi connectivity index (χ0v) is 10.0. The molecule has 0 aromatic carbocycles. The third kappa shape index (κ3) is 2.80. The van der Waals surface area contributed by atoms with Gasteiger partial charge in [-0.2, -0.15) is 5.10 Å². The zero-order valence-electron chi connectivity index (χ0n) is 8.89. The lowest BCUT2D eigenvalue weighted by Crippen LogP contribution is -2.16. The van der Waals surface area contributed by atoms with Crippen LogP contribution in [0, 0.1) is 12.8 Å². The molecule has 2 nitrogen and oxygen atoms in total. The van der Waals surface area contributed by atoms with Crippen molar-refractivity contribution in [1.82, 2.24) is 10.2 Å². The normalized spacial score (nSPS) is 16.2.